The molecule has 1 atom stereocenters. The van der Waals surface area contributed by atoms with Crippen LogP contribution in [0.2, 0.25) is 0 Å². The Morgan fingerprint density at radius 2 is 1.94 bits per heavy atom. The monoisotopic (exact) mass is 262 g/mol. The van der Waals surface area contributed by atoms with Crippen molar-refractivity contribution in [2.45, 2.75) is 23.3 Å². The van der Waals surface area contributed by atoms with Gasteiger partial charge in [-0.1, -0.05) is 35.9 Å². The quantitative estimate of drug-likeness (QED) is 0.599. The molecule has 0 bridgehead atoms. The van der Waals surface area contributed by atoms with E-state index in [1.165, 1.54) is 9.77 Å². The van der Waals surface area contributed by atoms with E-state index in [0.29, 0.717) is 0 Å². The average Bonchev–Trinajstić information content (AvgIpc) is 2.82. The first-order chi connectivity index (χ1) is 8.16. The first kappa shape index (κ1) is 12.4. The lowest BCUT2D eigenvalue weighted by Crippen LogP contribution is -2.12. The fraction of sp³-hybridized carbons (Fsp3) is 0.214. The van der Waals surface area contributed by atoms with Crippen LogP contribution in [0.15, 0.2) is 46.0 Å². The summed E-state index contributed by atoms with van der Waals surface area (Å²) in [5.74, 6) is 0.198. The summed E-state index contributed by atoms with van der Waals surface area (Å²) in [5, 5.41) is 2.00. The lowest BCUT2D eigenvalue weighted by atomic mass is 10.1. The maximum Gasteiger partial charge on any atom is 0.175 e. The summed E-state index contributed by atoms with van der Waals surface area (Å²) in [6.07, 6.45) is 0. The number of ketones is 1. The summed E-state index contributed by atoms with van der Waals surface area (Å²) < 4.78 is 1.19. The predicted molar refractivity (Wildman–Crippen MR) is 75.1 cm³/mol. The van der Waals surface area contributed by atoms with Crippen molar-refractivity contribution in [2.75, 3.05) is 0 Å². The Balaban J connectivity index is 2.07. The van der Waals surface area contributed by atoms with E-state index in [0.717, 1.165) is 5.56 Å². The van der Waals surface area contributed by atoms with Crippen molar-refractivity contribution in [1.29, 1.82) is 0 Å². The van der Waals surface area contributed by atoms with E-state index in [1.807, 2.05) is 55.6 Å². The van der Waals surface area contributed by atoms with Gasteiger partial charge in [0.2, 0.25) is 0 Å². The van der Waals surface area contributed by atoms with Crippen LogP contribution in [0.25, 0.3) is 0 Å². The van der Waals surface area contributed by atoms with Crippen LogP contribution >= 0.6 is 23.1 Å². The molecule has 88 valence electrons. The smallest absolute Gasteiger partial charge is 0.175 e. The van der Waals surface area contributed by atoms with Gasteiger partial charge in [0.1, 0.15) is 0 Å². The molecule has 1 aromatic heterocycles. The predicted octanol–water partition coefficient (Wildman–Crippen LogP) is 4.42. The number of rotatable bonds is 4. The molecule has 0 spiro atoms. The third-order valence-electron chi connectivity index (χ3n) is 2.49. The second-order valence-electron chi connectivity index (χ2n) is 3.92. The molecule has 1 aromatic carbocycles. The molecule has 0 aliphatic rings. The van der Waals surface area contributed by atoms with Crippen molar-refractivity contribution >= 4 is 28.9 Å². The van der Waals surface area contributed by atoms with Crippen LogP contribution in [0, 0.1) is 6.92 Å². The molecule has 1 unspecified atom stereocenters. The normalized spacial score (nSPS) is 12.4. The standard InChI is InChI=1S/C14H14OS2/c1-10-5-7-12(8-6-10)14(15)11(2)17-13-4-3-9-16-13/h3-9,11H,1-2H3. The number of thioether (sulfide) groups is 1. The van der Waals surface area contributed by atoms with E-state index in [4.69, 9.17) is 0 Å². The molecule has 0 amide bonds. The maximum atomic E-state index is 12.2. The molecule has 2 rings (SSSR count). The van der Waals surface area contributed by atoms with Crippen molar-refractivity contribution in [3.8, 4) is 0 Å². The summed E-state index contributed by atoms with van der Waals surface area (Å²) in [4.78, 5) is 12.2. The number of aryl methyl sites for hydroxylation is 1. The molecule has 0 aliphatic carbocycles. The van der Waals surface area contributed by atoms with Crippen LogP contribution in [0.4, 0.5) is 0 Å². The number of carbonyl (C=O) groups excluding carboxylic acids is 1. The lowest BCUT2D eigenvalue weighted by Gasteiger charge is -2.08. The van der Waals surface area contributed by atoms with Crippen molar-refractivity contribution in [1.82, 2.24) is 0 Å². The minimum absolute atomic E-state index is 0.0312. The Hall–Kier alpha value is -1.06. The molecule has 0 saturated carbocycles. The fourth-order valence-corrected chi connectivity index (χ4v) is 3.53. The van der Waals surface area contributed by atoms with E-state index in [-0.39, 0.29) is 11.0 Å². The highest BCUT2D eigenvalue weighted by atomic mass is 32.2. The molecule has 0 N–H and O–H groups in total. The largest absolute Gasteiger partial charge is 0.293 e. The molecule has 3 heteroatoms. The Bertz CT molecular complexity index is 485. The van der Waals surface area contributed by atoms with Gasteiger partial charge < -0.3 is 0 Å². The minimum atomic E-state index is -0.0312. The summed E-state index contributed by atoms with van der Waals surface area (Å²) in [6, 6.07) is 11.8. The summed E-state index contributed by atoms with van der Waals surface area (Å²) >= 11 is 3.30. The topological polar surface area (TPSA) is 17.1 Å². The van der Waals surface area contributed by atoms with Crippen LogP contribution < -0.4 is 0 Å². The molecule has 0 radical (unpaired) electrons. The molecule has 17 heavy (non-hydrogen) atoms. The van der Waals surface area contributed by atoms with Gasteiger partial charge in [0.05, 0.1) is 9.46 Å². The summed E-state index contributed by atoms with van der Waals surface area (Å²) in [5.41, 5.74) is 1.98. The third kappa shape index (κ3) is 3.20. The SMILES string of the molecule is Cc1ccc(C(=O)C(C)Sc2cccs2)cc1. The Morgan fingerprint density at radius 1 is 1.24 bits per heavy atom. The van der Waals surface area contributed by atoms with Gasteiger partial charge in [0.15, 0.2) is 5.78 Å². The van der Waals surface area contributed by atoms with Gasteiger partial charge in [-0.25, -0.2) is 0 Å². The van der Waals surface area contributed by atoms with Gasteiger partial charge in [-0.2, -0.15) is 0 Å². The van der Waals surface area contributed by atoms with Gasteiger partial charge in [0, 0.05) is 5.56 Å². The highest BCUT2D eigenvalue weighted by Crippen LogP contribution is 2.29. The molecular formula is C14H14OS2. The number of carbonyl (C=O) groups is 1. The van der Waals surface area contributed by atoms with Crippen LogP contribution in [0.5, 0.6) is 0 Å². The van der Waals surface area contributed by atoms with Gasteiger partial charge in [-0.05, 0) is 25.3 Å². The highest BCUT2D eigenvalue weighted by Gasteiger charge is 2.16. The third-order valence-corrected chi connectivity index (χ3v) is 4.67. The zero-order chi connectivity index (χ0) is 12.3. The summed E-state index contributed by atoms with van der Waals surface area (Å²) in [7, 11) is 0. The number of hydrogen-bond donors (Lipinski definition) is 0. The van der Waals surface area contributed by atoms with E-state index in [1.54, 1.807) is 23.1 Å². The van der Waals surface area contributed by atoms with Gasteiger partial charge in [0.25, 0.3) is 0 Å². The second-order valence-corrected chi connectivity index (χ2v) is 6.51. The zero-order valence-corrected chi connectivity index (χ0v) is 11.5. The second kappa shape index (κ2) is 5.52. The molecule has 2 aromatic rings. The van der Waals surface area contributed by atoms with E-state index in [2.05, 4.69) is 0 Å². The van der Waals surface area contributed by atoms with E-state index < -0.39 is 0 Å². The molecule has 0 saturated heterocycles. The van der Waals surface area contributed by atoms with Gasteiger partial charge >= 0.3 is 0 Å². The summed E-state index contributed by atoms with van der Waals surface area (Å²) in [6.45, 7) is 3.99. The zero-order valence-electron chi connectivity index (χ0n) is 9.84. The van der Waals surface area contributed by atoms with Crippen molar-refractivity contribution in [2.24, 2.45) is 0 Å². The molecular weight excluding hydrogens is 248 g/mol. The van der Waals surface area contributed by atoms with Crippen LogP contribution in [0.1, 0.15) is 22.8 Å². The maximum absolute atomic E-state index is 12.2. The van der Waals surface area contributed by atoms with Crippen molar-refractivity contribution in [3.05, 3.63) is 52.9 Å². The minimum Gasteiger partial charge on any atom is -0.293 e. The van der Waals surface area contributed by atoms with Gasteiger partial charge in [-0.15, -0.1) is 23.1 Å². The van der Waals surface area contributed by atoms with Crippen molar-refractivity contribution in [3.63, 3.8) is 0 Å². The average molecular weight is 262 g/mol. The van der Waals surface area contributed by atoms with Crippen molar-refractivity contribution < 1.29 is 4.79 Å². The Morgan fingerprint density at radius 3 is 2.53 bits per heavy atom. The molecule has 1 heterocycles. The number of Topliss-reactive ketones (excluding diaryl/α,β-unsaturated/α-hetero) is 1. The van der Waals surface area contributed by atoms with Crippen LogP contribution in [-0.2, 0) is 0 Å². The Labute approximate surface area is 110 Å². The van der Waals surface area contributed by atoms with Gasteiger partial charge in [-0.3, -0.25) is 4.79 Å². The molecule has 1 nitrogen and oxygen atoms in total. The number of thiophene rings is 1. The highest BCUT2D eigenvalue weighted by molar-refractivity contribution is 8.02. The van der Waals surface area contributed by atoms with Crippen LogP contribution in [-0.4, -0.2) is 11.0 Å². The Kier molecular flexibility index (Phi) is 4.02. The number of hydrogen-bond acceptors (Lipinski definition) is 3. The fourth-order valence-electron chi connectivity index (χ4n) is 1.51. The van der Waals surface area contributed by atoms with Crippen LogP contribution in [0.3, 0.4) is 0 Å². The molecule has 0 fully saturated rings. The van der Waals surface area contributed by atoms with E-state index >= 15 is 0 Å². The molecule has 0 aliphatic heterocycles. The first-order valence-corrected chi connectivity index (χ1v) is 7.24. The lowest BCUT2D eigenvalue weighted by molar-refractivity contribution is 0.0994. The number of benzene rings is 1. The first-order valence-electron chi connectivity index (χ1n) is 5.48. The van der Waals surface area contributed by atoms with E-state index in [9.17, 15) is 4.79 Å².